The molecule has 2 rings (SSSR count). The summed E-state index contributed by atoms with van der Waals surface area (Å²) in [5.74, 6) is 0.962. The van der Waals surface area contributed by atoms with Gasteiger partial charge in [0, 0.05) is 18.5 Å². The lowest BCUT2D eigenvalue weighted by molar-refractivity contribution is 0.337. The maximum Gasteiger partial charge on any atom is 0.153 e. The minimum Gasteiger partial charge on any atom is -0.359 e. The van der Waals surface area contributed by atoms with Crippen molar-refractivity contribution >= 4 is 0 Å². The highest BCUT2D eigenvalue weighted by Crippen LogP contribution is 2.27. The summed E-state index contributed by atoms with van der Waals surface area (Å²) in [6.07, 6.45) is 0.811. The number of hydrogen-bond acceptors (Lipinski definition) is 3. The molecule has 0 radical (unpaired) electrons. The van der Waals surface area contributed by atoms with E-state index in [0.717, 1.165) is 24.4 Å². The van der Waals surface area contributed by atoms with Gasteiger partial charge in [-0.3, -0.25) is 4.39 Å². The summed E-state index contributed by atoms with van der Waals surface area (Å²) >= 11 is 0. The normalized spacial score (nSPS) is 28.2. The zero-order chi connectivity index (χ0) is 9.26. The van der Waals surface area contributed by atoms with E-state index in [1.54, 1.807) is 0 Å². The van der Waals surface area contributed by atoms with Gasteiger partial charge in [0.1, 0.15) is 0 Å². The molecule has 1 aromatic rings. The van der Waals surface area contributed by atoms with Crippen LogP contribution >= 0.6 is 0 Å². The molecule has 0 bridgehead atoms. The van der Waals surface area contributed by atoms with E-state index in [-0.39, 0.29) is 18.6 Å². The van der Waals surface area contributed by atoms with E-state index in [4.69, 9.17) is 4.52 Å². The number of aromatic nitrogens is 1. The number of nitrogens with zero attached hydrogens (tertiary/aromatic N) is 1. The molecule has 72 valence electrons. The van der Waals surface area contributed by atoms with Gasteiger partial charge >= 0.3 is 0 Å². The van der Waals surface area contributed by atoms with Crippen molar-refractivity contribution in [1.82, 2.24) is 10.5 Å². The SMILES string of the molecule is Cc1cc([C@@H]2C[C@H](CF)CN2)on1. The van der Waals surface area contributed by atoms with E-state index in [1.807, 2.05) is 13.0 Å². The van der Waals surface area contributed by atoms with Crippen molar-refractivity contribution < 1.29 is 8.91 Å². The first-order chi connectivity index (χ1) is 6.29. The fourth-order valence-electron chi connectivity index (χ4n) is 1.69. The summed E-state index contributed by atoms with van der Waals surface area (Å²) < 4.78 is 17.4. The first kappa shape index (κ1) is 8.69. The van der Waals surface area contributed by atoms with Gasteiger partial charge in [0.15, 0.2) is 5.76 Å². The Morgan fingerprint density at radius 1 is 1.77 bits per heavy atom. The summed E-state index contributed by atoms with van der Waals surface area (Å²) in [6, 6.07) is 2.06. The standard InChI is InChI=1S/C9H13FN2O/c1-6-2-9(13-12-6)8-3-7(4-10)5-11-8/h2,7-8,11H,3-5H2,1H3/t7-,8+/m1/s1. The maximum atomic E-state index is 12.3. The molecule has 2 atom stereocenters. The van der Waals surface area contributed by atoms with E-state index in [0.29, 0.717) is 0 Å². The summed E-state index contributed by atoms with van der Waals surface area (Å²) in [5.41, 5.74) is 0.875. The molecule has 1 aromatic heterocycles. The highest BCUT2D eigenvalue weighted by Gasteiger charge is 2.27. The number of alkyl halides is 1. The van der Waals surface area contributed by atoms with E-state index in [9.17, 15) is 4.39 Å². The quantitative estimate of drug-likeness (QED) is 0.758. The summed E-state index contributed by atoms with van der Waals surface area (Å²) in [4.78, 5) is 0. The molecule has 1 N–H and O–H groups in total. The molecule has 1 saturated heterocycles. The second-order valence-electron chi connectivity index (χ2n) is 3.59. The van der Waals surface area contributed by atoms with Gasteiger partial charge in [-0.15, -0.1) is 0 Å². The van der Waals surface area contributed by atoms with Crippen LogP contribution in [0.3, 0.4) is 0 Å². The molecule has 0 saturated carbocycles. The third-order valence-electron chi connectivity index (χ3n) is 2.43. The molecule has 1 aliphatic heterocycles. The monoisotopic (exact) mass is 184 g/mol. The molecule has 13 heavy (non-hydrogen) atoms. The zero-order valence-corrected chi connectivity index (χ0v) is 7.59. The zero-order valence-electron chi connectivity index (χ0n) is 7.59. The van der Waals surface area contributed by atoms with Gasteiger partial charge in [-0.05, 0) is 13.3 Å². The molecule has 2 heterocycles. The fourth-order valence-corrected chi connectivity index (χ4v) is 1.69. The van der Waals surface area contributed by atoms with Gasteiger partial charge < -0.3 is 9.84 Å². The highest BCUT2D eigenvalue weighted by molar-refractivity contribution is 5.09. The van der Waals surface area contributed by atoms with E-state index >= 15 is 0 Å². The molecule has 0 unspecified atom stereocenters. The molecule has 4 heteroatoms. The maximum absolute atomic E-state index is 12.3. The average Bonchev–Trinajstić information content (AvgIpc) is 2.71. The van der Waals surface area contributed by atoms with Crippen LogP contribution in [0, 0.1) is 12.8 Å². The molecule has 1 fully saturated rings. The van der Waals surface area contributed by atoms with Crippen LogP contribution in [0.4, 0.5) is 4.39 Å². The van der Waals surface area contributed by atoms with E-state index in [2.05, 4.69) is 10.5 Å². The van der Waals surface area contributed by atoms with Crippen LogP contribution in [-0.2, 0) is 0 Å². The lowest BCUT2D eigenvalue weighted by Crippen LogP contribution is -2.13. The Balaban J connectivity index is 2.03. The van der Waals surface area contributed by atoms with Crippen LogP contribution in [0.1, 0.15) is 23.9 Å². The van der Waals surface area contributed by atoms with Gasteiger partial charge in [0.05, 0.1) is 18.4 Å². The topological polar surface area (TPSA) is 38.1 Å². The lowest BCUT2D eigenvalue weighted by Gasteiger charge is -2.03. The smallest absolute Gasteiger partial charge is 0.153 e. The Morgan fingerprint density at radius 3 is 3.15 bits per heavy atom. The number of aryl methyl sites for hydroxylation is 1. The fraction of sp³-hybridized carbons (Fsp3) is 0.667. The lowest BCUT2D eigenvalue weighted by atomic mass is 10.1. The van der Waals surface area contributed by atoms with Crippen LogP contribution in [0.15, 0.2) is 10.6 Å². The Bertz CT molecular complexity index is 287. The highest BCUT2D eigenvalue weighted by atomic mass is 19.1. The molecular formula is C9H13FN2O. The average molecular weight is 184 g/mol. The molecule has 3 nitrogen and oxygen atoms in total. The van der Waals surface area contributed by atoms with Crippen molar-refractivity contribution in [3.05, 3.63) is 17.5 Å². The number of hydrogen-bond donors (Lipinski definition) is 1. The first-order valence-corrected chi connectivity index (χ1v) is 4.52. The van der Waals surface area contributed by atoms with E-state index < -0.39 is 0 Å². The predicted molar refractivity (Wildman–Crippen MR) is 46.1 cm³/mol. The molecule has 0 amide bonds. The van der Waals surface area contributed by atoms with Crippen molar-refractivity contribution in [2.45, 2.75) is 19.4 Å². The predicted octanol–water partition coefficient (Wildman–Crippen LogP) is 1.60. The van der Waals surface area contributed by atoms with Crippen LogP contribution in [0.25, 0.3) is 0 Å². The Labute approximate surface area is 76.3 Å². The van der Waals surface area contributed by atoms with Crippen LogP contribution in [0.2, 0.25) is 0 Å². The minimum atomic E-state index is -0.253. The molecule has 0 aliphatic carbocycles. The van der Waals surface area contributed by atoms with Crippen molar-refractivity contribution in [2.75, 3.05) is 13.2 Å². The Hall–Kier alpha value is -0.900. The van der Waals surface area contributed by atoms with Gasteiger partial charge in [-0.2, -0.15) is 0 Å². The second kappa shape index (κ2) is 3.46. The third kappa shape index (κ3) is 1.72. The summed E-state index contributed by atoms with van der Waals surface area (Å²) in [5, 5.41) is 7.02. The van der Waals surface area contributed by atoms with E-state index in [1.165, 1.54) is 0 Å². The van der Waals surface area contributed by atoms with Crippen LogP contribution in [-0.4, -0.2) is 18.4 Å². The number of halogens is 1. The molecule has 1 aliphatic rings. The molecule has 0 aromatic carbocycles. The van der Waals surface area contributed by atoms with Crippen LogP contribution in [0.5, 0.6) is 0 Å². The number of rotatable bonds is 2. The summed E-state index contributed by atoms with van der Waals surface area (Å²) in [7, 11) is 0. The molecular weight excluding hydrogens is 171 g/mol. The first-order valence-electron chi connectivity index (χ1n) is 4.52. The van der Waals surface area contributed by atoms with Gasteiger partial charge in [0.25, 0.3) is 0 Å². The summed E-state index contributed by atoms with van der Waals surface area (Å²) in [6.45, 7) is 2.37. The Morgan fingerprint density at radius 2 is 2.62 bits per heavy atom. The van der Waals surface area contributed by atoms with Crippen molar-refractivity contribution in [3.8, 4) is 0 Å². The second-order valence-corrected chi connectivity index (χ2v) is 3.59. The third-order valence-corrected chi connectivity index (χ3v) is 2.43. The van der Waals surface area contributed by atoms with Crippen molar-refractivity contribution in [2.24, 2.45) is 5.92 Å². The van der Waals surface area contributed by atoms with Crippen molar-refractivity contribution in [3.63, 3.8) is 0 Å². The van der Waals surface area contributed by atoms with Crippen LogP contribution < -0.4 is 5.32 Å². The number of nitrogens with one attached hydrogen (secondary N) is 1. The van der Waals surface area contributed by atoms with Gasteiger partial charge in [-0.1, -0.05) is 5.16 Å². The van der Waals surface area contributed by atoms with Gasteiger partial charge in [0.2, 0.25) is 0 Å². The Kier molecular flexibility index (Phi) is 2.31. The van der Waals surface area contributed by atoms with Gasteiger partial charge in [-0.25, -0.2) is 0 Å². The largest absolute Gasteiger partial charge is 0.359 e. The van der Waals surface area contributed by atoms with Crippen molar-refractivity contribution in [1.29, 1.82) is 0 Å². The minimum absolute atomic E-state index is 0.135. The molecule has 0 spiro atoms.